The first kappa shape index (κ1) is 15.2. The van der Waals surface area contributed by atoms with Gasteiger partial charge in [0.15, 0.2) is 0 Å². The lowest BCUT2D eigenvalue weighted by Gasteiger charge is -2.32. The fourth-order valence-corrected chi connectivity index (χ4v) is 2.43. The third-order valence-corrected chi connectivity index (χ3v) is 4.52. The van der Waals surface area contributed by atoms with Crippen molar-refractivity contribution in [1.29, 1.82) is 0 Å². The molecule has 0 N–H and O–H groups in total. The second kappa shape index (κ2) is 4.93. The standard InChI is InChI=1S/C16H20BFN2O2/c1-11-14(17-21-15(2,3)16(4,5)22-17)10-20(19-11)13-8-6-7-12(18)9-13/h6-10H,1-5H3. The van der Waals surface area contributed by atoms with Crippen LogP contribution in [0.25, 0.3) is 5.69 Å². The lowest BCUT2D eigenvalue weighted by Crippen LogP contribution is -2.41. The third-order valence-electron chi connectivity index (χ3n) is 4.52. The van der Waals surface area contributed by atoms with E-state index in [9.17, 15) is 4.39 Å². The Morgan fingerprint density at radius 3 is 2.36 bits per heavy atom. The zero-order chi connectivity index (χ0) is 16.1. The zero-order valence-corrected chi connectivity index (χ0v) is 13.6. The zero-order valence-electron chi connectivity index (χ0n) is 13.6. The molecule has 1 aliphatic heterocycles. The van der Waals surface area contributed by atoms with Crippen molar-refractivity contribution in [3.63, 3.8) is 0 Å². The number of hydrogen-bond donors (Lipinski definition) is 0. The van der Waals surface area contributed by atoms with Crippen LogP contribution in [0.15, 0.2) is 30.5 Å². The van der Waals surface area contributed by atoms with Gasteiger partial charge >= 0.3 is 7.12 Å². The van der Waals surface area contributed by atoms with Crippen molar-refractivity contribution >= 4 is 12.6 Å². The van der Waals surface area contributed by atoms with Crippen molar-refractivity contribution in [3.05, 3.63) is 42.0 Å². The number of aryl methyl sites for hydroxylation is 1. The Labute approximate surface area is 130 Å². The van der Waals surface area contributed by atoms with Gasteiger partial charge in [0.2, 0.25) is 0 Å². The molecular formula is C16H20BFN2O2. The van der Waals surface area contributed by atoms with Crippen molar-refractivity contribution in [2.24, 2.45) is 0 Å². The number of halogens is 1. The number of nitrogens with zero attached hydrogens (tertiary/aromatic N) is 2. The van der Waals surface area contributed by atoms with E-state index >= 15 is 0 Å². The fraction of sp³-hybridized carbons (Fsp3) is 0.438. The van der Waals surface area contributed by atoms with E-state index in [1.54, 1.807) is 10.7 Å². The summed E-state index contributed by atoms with van der Waals surface area (Å²) in [5.74, 6) is -0.289. The van der Waals surface area contributed by atoms with Gasteiger partial charge in [0.25, 0.3) is 0 Å². The molecule has 0 aliphatic carbocycles. The Bertz CT molecular complexity index is 696. The van der Waals surface area contributed by atoms with Crippen LogP contribution < -0.4 is 5.46 Å². The molecule has 116 valence electrons. The van der Waals surface area contributed by atoms with Crippen LogP contribution in [-0.2, 0) is 9.31 Å². The van der Waals surface area contributed by atoms with Crippen LogP contribution in [-0.4, -0.2) is 28.1 Å². The van der Waals surface area contributed by atoms with Crippen molar-refractivity contribution in [1.82, 2.24) is 9.78 Å². The van der Waals surface area contributed by atoms with Crippen molar-refractivity contribution in [3.8, 4) is 5.69 Å². The van der Waals surface area contributed by atoms with Crippen LogP contribution in [0.5, 0.6) is 0 Å². The molecular weight excluding hydrogens is 282 g/mol. The van der Waals surface area contributed by atoms with Gasteiger partial charge in [-0.1, -0.05) is 6.07 Å². The second-order valence-corrected chi connectivity index (χ2v) is 6.68. The monoisotopic (exact) mass is 302 g/mol. The van der Waals surface area contributed by atoms with E-state index in [0.29, 0.717) is 5.69 Å². The number of hydrogen-bond acceptors (Lipinski definition) is 3. The number of rotatable bonds is 2. The molecule has 0 bridgehead atoms. The molecule has 0 unspecified atom stereocenters. The smallest absolute Gasteiger partial charge is 0.399 e. The van der Waals surface area contributed by atoms with Crippen molar-refractivity contribution in [2.45, 2.75) is 45.8 Å². The Morgan fingerprint density at radius 2 is 1.77 bits per heavy atom. The maximum atomic E-state index is 13.4. The molecule has 0 atom stereocenters. The summed E-state index contributed by atoms with van der Waals surface area (Å²) in [7, 11) is -0.465. The summed E-state index contributed by atoms with van der Waals surface area (Å²) in [6.45, 7) is 9.95. The van der Waals surface area contributed by atoms with Gasteiger partial charge in [-0.05, 0) is 52.8 Å². The lowest BCUT2D eigenvalue weighted by molar-refractivity contribution is 0.00578. The molecule has 0 saturated carbocycles. The van der Waals surface area contributed by atoms with Gasteiger partial charge in [0, 0.05) is 11.7 Å². The molecule has 2 heterocycles. The van der Waals surface area contributed by atoms with Crippen LogP contribution in [0.2, 0.25) is 0 Å². The highest BCUT2D eigenvalue weighted by Crippen LogP contribution is 2.36. The summed E-state index contributed by atoms with van der Waals surface area (Å²) in [4.78, 5) is 0. The van der Waals surface area contributed by atoms with Crippen molar-refractivity contribution in [2.75, 3.05) is 0 Å². The summed E-state index contributed by atoms with van der Waals surface area (Å²) in [5.41, 5.74) is 1.55. The molecule has 2 aromatic rings. The predicted molar refractivity (Wildman–Crippen MR) is 84.0 cm³/mol. The minimum absolute atomic E-state index is 0.289. The van der Waals surface area contributed by atoms with Crippen LogP contribution in [0.1, 0.15) is 33.4 Å². The highest BCUT2D eigenvalue weighted by Gasteiger charge is 2.52. The van der Waals surface area contributed by atoms with E-state index in [-0.39, 0.29) is 5.82 Å². The Morgan fingerprint density at radius 1 is 1.14 bits per heavy atom. The molecule has 1 fully saturated rings. The van der Waals surface area contributed by atoms with Gasteiger partial charge in [-0.25, -0.2) is 9.07 Å². The number of aromatic nitrogens is 2. The highest BCUT2D eigenvalue weighted by molar-refractivity contribution is 6.62. The second-order valence-electron chi connectivity index (χ2n) is 6.68. The largest absolute Gasteiger partial charge is 0.498 e. The highest BCUT2D eigenvalue weighted by atomic mass is 19.1. The molecule has 1 saturated heterocycles. The molecule has 0 spiro atoms. The normalized spacial score (nSPS) is 19.6. The van der Waals surface area contributed by atoms with Crippen LogP contribution in [0.3, 0.4) is 0 Å². The van der Waals surface area contributed by atoms with Gasteiger partial charge in [-0.3, -0.25) is 0 Å². The number of benzene rings is 1. The summed E-state index contributed by atoms with van der Waals surface area (Å²) in [6.07, 6.45) is 1.84. The van der Waals surface area contributed by atoms with E-state index in [1.807, 2.05) is 46.9 Å². The molecule has 6 heteroatoms. The van der Waals surface area contributed by atoms with E-state index in [4.69, 9.17) is 9.31 Å². The SMILES string of the molecule is Cc1nn(-c2cccc(F)c2)cc1B1OC(C)(C)C(C)(C)O1. The molecule has 1 aliphatic rings. The first-order valence-electron chi connectivity index (χ1n) is 7.37. The predicted octanol–water partition coefficient (Wildman–Crippen LogP) is 2.62. The lowest BCUT2D eigenvalue weighted by atomic mass is 9.79. The molecule has 0 radical (unpaired) electrons. The first-order valence-corrected chi connectivity index (χ1v) is 7.37. The minimum atomic E-state index is -0.465. The van der Waals surface area contributed by atoms with Crippen LogP contribution in [0, 0.1) is 12.7 Å². The van der Waals surface area contributed by atoms with Crippen molar-refractivity contribution < 1.29 is 13.7 Å². The quantitative estimate of drug-likeness (QED) is 0.800. The molecule has 1 aromatic carbocycles. The summed E-state index contributed by atoms with van der Waals surface area (Å²) >= 11 is 0. The molecule has 3 rings (SSSR count). The maximum Gasteiger partial charge on any atom is 0.498 e. The van der Waals surface area contributed by atoms with Gasteiger partial charge in [0.1, 0.15) is 5.82 Å². The summed E-state index contributed by atoms with van der Waals surface area (Å²) < 4.78 is 27.1. The first-order chi connectivity index (χ1) is 10.2. The average Bonchev–Trinajstić information content (AvgIpc) is 2.88. The summed E-state index contributed by atoms with van der Waals surface area (Å²) in [5, 5.41) is 4.45. The van der Waals surface area contributed by atoms with E-state index in [0.717, 1.165) is 11.2 Å². The topological polar surface area (TPSA) is 36.3 Å². The summed E-state index contributed by atoms with van der Waals surface area (Å²) in [6, 6.07) is 6.33. The third kappa shape index (κ3) is 2.46. The van der Waals surface area contributed by atoms with Gasteiger partial charge in [-0.2, -0.15) is 5.10 Å². The minimum Gasteiger partial charge on any atom is -0.399 e. The van der Waals surface area contributed by atoms with Crippen LogP contribution in [0.4, 0.5) is 4.39 Å². The molecule has 0 amide bonds. The van der Waals surface area contributed by atoms with E-state index < -0.39 is 18.3 Å². The fourth-order valence-electron chi connectivity index (χ4n) is 2.43. The van der Waals surface area contributed by atoms with Crippen LogP contribution >= 0.6 is 0 Å². The Kier molecular flexibility index (Phi) is 3.42. The molecule has 22 heavy (non-hydrogen) atoms. The van der Waals surface area contributed by atoms with E-state index in [1.165, 1.54) is 12.1 Å². The van der Waals surface area contributed by atoms with E-state index in [2.05, 4.69) is 5.10 Å². The van der Waals surface area contributed by atoms with Gasteiger partial charge in [0.05, 0.1) is 22.6 Å². The maximum absolute atomic E-state index is 13.4. The average molecular weight is 302 g/mol. The van der Waals surface area contributed by atoms with Gasteiger partial charge in [-0.15, -0.1) is 0 Å². The van der Waals surface area contributed by atoms with Gasteiger partial charge < -0.3 is 9.31 Å². The molecule has 4 nitrogen and oxygen atoms in total. The Hall–Kier alpha value is -1.66. The Balaban J connectivity index is 1.94. The molecule has 1 aromatic heterocycles.